The molecule has 3 aliphatic rings. The van der Waals surface area contributed by atoms with Gasteiger partial charge < -0.3 is 5.92 Å². The molecule has 0 aromatic carbocycles. The molecule has 3 rings (SSSR count). The zero-order chi connectivity index (χ0) is 6.06. The van der Waals surface area contributed by atoms with Crippen molar-refractivity contribution in [1.29, 1.82) is 0 Å². The summed E-state index contributed by atoms with van der Waals surface area (Å²) in [4.78, 5) is 0. The average molecular weight is 126 g/mol. The minimum Gasteiger partial charge on any atom is -0.306 e. The van der Waals surface area contributed by atoms with Crippen LogP contribution in [0.15, 0.2) is 12.7 Å². The summed E-state index contributed by atoms with van der Waals surface area (Å²) < 4.78 is 0. The molecular formula is C9H11Li. The van der Waals surface area contributed by atoms with E-state index in [0.29, 0.717) is 5.41 Å². The summed E-state index contributed by atoms with van der Waals surface area (Å²) in [5.74, 6) is 3.91. The minimum absolute atomic E-state index is 0. The van der Waals surface area contributed by atoms with Crippen molar-refractivity contribution >= 4 is 0 Å². The molecule has 1 unspecified atom stereocenters. The molecule has 0 aliphatic heterocycles. The molecule has 0 aromatic rings. The summed E-state index contributed by atoms with van der Waals surface area (Å²) in [6.45, 7) is 3.90. The van der Waals surface area contributed by atoms with Crippen LogP contribution >= 0.6 is 0 Å². The van der Waals surface area contributed by atoms with E-state index in [4.69, 9.17) is 0 Å². The van der Waals surface area contributed by atoms with Gasteiger partial charge in [0.2, 0.25) is 0 Å². The molecule has 0 aromatic heterocycles. The summed E-state index contributed by atoms with van der Waals surface area (Å²) >= 11 is 0. The number of allylic oxidation sites excluding steroid dienone is 1. The van der Waals surface area contributed by atoms with Gasteiger partial charge in [0, 0.05) is 0 Å². The van der Waals surface area contributed by atoms with Gasteiger partial charge in [-0.25, -0.2) is 0 Å². The van der Waals surface area contributed by atoms with Crippen LogP contribution in [0.2, 0.25) is 0 Å². The van der Waals surface area contributed by atoms with Crippen molar-refractivity contribution in [3.05, 3.63) is 18.6 Å². The SMILES string of the molecule is C=CC12[C-]3[C@H]1CCC[C@@H]32.[Li+]. The third kappa shape index (κ3) is 0.457. The molecule has 0 N–H and O–H groups in total. The molecule has 0 saturated heterocycles. The van der Waals surface area contributed by atoms with Crippen LogP contribution in [0.1, 0.15) is 19.3 Å². The molecule has 0 amide bonds. The molecule has 0 nitrogen and oxygen atoms in total. The van der Waals surface area contributed by atoms with Crippen LogP contribution in [0.25, 0.3) is 0 Å². The Labute approximate surface area is 74.2 Å². The molecule has 1 heteroatoms. The summed E-state index contributed by atoms with van der Waals surface area (Å²) in [6, 6.07) is 0. The molecule has 48 valence electrons. The normalized spacial score (nSPS) is 54.4. The van der Waals surface area contributed by atoms with Gasteiger partial charge in [-0.15, -0.1) is 12.7 Å². The molecular weight excluding hydrogens is 115 g/mol. The summed E-state index contributed by atoms with van der Waals surface area (Å²) in [5, 5.41) is 0. The van der Waals surface area contributed by atoms with Crippen LogP contribution in [-0.2, 0) is 0 Å². The fourth-order valence-electron chi connectivity index (χ4n) is 3.02. The van der Waals surface area contributed by atoms with Crippen molar-refractivity contribution < 1.29 is 18.9 Å². The van der Waals surface area contributed by atoms with Gasteiger partial charge in [0.1, 0.15) is 0 Å². The zero-order valence-electron chi connectivity index (χ0n) is 6.56. The van der Waals surface area contributed by atoms with E-state index >= 15 is 0 Å². The first kappa shape index (κ1) is 7.01. The maximum Gasteiger partial charge on any atom is 1.00 e. The van der Waals surface area contributed by atoms with Crippen molar-refractivity contribution in [2.24, 2.45) is 17.3 Å². The predicted octanol–water partition coefficient (Wildman–Crippen LogP) is -0.819. The first-order valence-corrected chi connectivity index (χ1v) is 3.92. The Morgan fingerprint density at radius 3 is 2.30 bits per heavy atom. The quantitative estimate of drug-likeness (QED) is 0.245. The van der Waals surface area contributed by atoms with Crippen molar-refractivity contribution in [2.75, 3.05) is 0 Å². The van der Waals surface area contributed by atoms with E-state index in [0.717, 1.165) is 11.8 Å². The van der Waals surface area contributed by atoms with E-state index in [1.54, 1.807) is 0 Å². The molecule has 3 atom stereocenters. The first-order chi connectivity index (χ1) is 4.41. The van der Waals surface area contributed by atoms with E-state index < -0.39 is 0 Å². The van der Waals surface area contributed by atoms with E-state index in [1.807, 2.05) is 5.92 Å². The van der Waals surface area contributed by atoms with Crippen molar-refractivity contribution in [3.8, 4) is 0 Å². The maximum atomic E-state index is 3.90. The third-order valence-corrected chi connectivity index (χ3v) is 3.56. The largest absolute Gasteiger partial charge is 1.00 e. The van der Waals surface area contributed by atoms with E-state index in [9.17, 15) is 0 Å². The van der Waals surface area contributed by atoms with Crippen LogP contribution < -0.4 is 18.9 Å². The van der Waals surface area contributed by atoms with Gasteiger partial charge in [-0.3, -0.25) is 0 Å². The molecule has 0 bridgehead atoms. The van der Waals surface area contributed by atoms with Gasteiger partial charge in [0.05, 0.1) is 0 Å². The Bertz CT molecular complexity index is 164. The Morgan fingerprint density at radius 1 is 1.40 bits per heavy atom. The maximum absolute atomic E-state index is 3.90. The topological polar surface area (TPSA) is 0 Å². The van der Waals surface area contributed by atoms with Gasteiger partial charge in [0.25, 0.3) is 0 Å². The van der Waals surface area contributed by atoms with Crippen molar-refractivity contribution in [2.45, 2.75) is 19.3 Å². The fraction of sp³-hybridized carbons (Fsp3) is 0.667. The fourth-order valence-corrected chi connectivity index (χ4v) is 3.02. The molecule has 3 fully saturated rings. The average Bonchev–Trinajstić information content (AvgIpc) is 2.76. The summed E-state index contributed by atoms with van der Waals surface area (Å²) in [5.41, 5.74) is 0.651. The molecule has 0 spiro atoms. The molecule has 0 heterocycles. The number of hydrogen-bond acceptors (Lipinski definition) is 0. The van der Waals surface area contributed by atoms with Gasteiger partial charge in [-0.2, -0.15) is 17.3 Å². The van der Waals surface area contributed by atoms with Gasteiger partial charge in [-0.1, -0.05) is 19.3 Å². The van der Waals surface area contributed by atoms with Crippen LogP contribution in [-0.4, -0.2) is 0 Å². The van der Waals surface area contributed by atoms with E-state index in [1.165, 1.54) is 19.3 Å². The van der Waals surface area contributed by atoms with Crippen LogP contribution in [0.3, 0.4) is 0 Å². The summed E-state index contributed by atoms with van der Waals surface area (Å²) in [7, 11) is 0. The minimum atomic E-state index is 0. The molecule has 0 radical (unpaired) electrons. The predicted molar refractivity (Wildman–Crippen MR) is 36.7 cm³/mol. The Hall–Kier alpha value is 0.337. The Morgan fingerprint density at radius 2 is 2.00 bits per heavy atom. The zero-order valence-corrected chi connectivity index (χ0v) is 6.56. The van der Waals surface area contributed by atoms with Crippen molar-refractivity contribution in [3.63, 3.8) is 0 Å². The van der Waals surface area contributed by atoms with E-state index in [-0.39, 0.29) is 18.9 Å². The number of hydrogen-bond donors (Lipinski definition) is 0. The third-order valence-electron chi connectivity index (χ3n) is 3.56. The second-order valence-electron chi connectivity index (χ2n) is 3.63. The van der Waals surface area contributed by atoms with Crippen LogP contribution in [0.5, 0.6) is 0 Å². The smallest absolute Gasteiger partial charge is 0.306 e. The first-order valence-electron chi connectivity index (χ1n) is 3.92. The molecule has 3 saturated carbocycles. The number of fused-ring (bicyclic) bond motifs is 2. The monoisotopic (exact) mass is 126 g/mol. The molecule has 3 aliphatic carbocycles. The second-order valence-corrected chi connectivity index (χ2v) is 3.63. The van der Waals surface area contributed by atoms with Gasteiger partial charge in [0.15, 0.2) is 0 Å². The van der Waals surface area contributed by atoms with Crippen molar-refractivity contribution in [1.82, 2.24) is 0 Å². The van der Waals surface area contributed by atoms with E-state index in [2.05, 4.69) is 12.7 Å². The second kappa shape index (κ2) is 1.74. The van der Waals surface area contributed by atoms with Crippen LogP contribution in [0, 0.1) is 23.2 Å². The standard InChI is InChI=1S/C9H11.Li/c1-2-9-6-4-3-5-7(9)8(6)9;/h2,6-7H,1,3-5H2;/q-1;+1/t6-,7+,9?;. The molecule has 10 heavy (non-hydrogen) atoms. The van der Waals surface area contributed by atoms with Crippen LogP contribution in [0.4, 0.5) is 0 Å². The Kier molecular flexibility index (Phi) is 1.22. The van der Waals surface area contributed by atoms with Gasteiger partial charge in [-0.05, 0) is 0 Å². The number of rotatable bonds is 1. The summed E-state index contributed by atoms with van der Waals surface area (Å²) in [6.07, 6.45) is 6.63. The Balaban J connectivity index is 0.000000403. The van der Waals surface area contributed by atoms with Gasteiger partial charge >= 0.3 is 18.9 Å².